The van der Waals surface area contributed by atoms with Crippen LogP contribution in [0, 0.1) is 34.6 Å². The van der Waals surface area contributed by atoms with E-state index in [1.54, 1.807) is 24.3 Å². The highest BCUT2D eigenvalue weighted by Gasteiger charge is 2.33. The minimum absolute atomic E-state index is 0.0257. The largest absolute Gasteiger partial charge is 0.508 e. The van der Waals surface area contributed by atoms with Crippen molar-refractivity contribution in [1.82, 2.24) is 0 Å². The zero-order chi connectivity index (χ0) is 42.4. The molecule has 0 atom stereocenters. The van der Waals surface area contributed by atoms with Crippen molar-refractivity contribution in [3.05, 3.63) is 159 Å². The third kappa shape index (κ3) is 8.40. The van der Waals surface area contributed by atoms with E-state index in [9.17, 15) is 14.7 Å². The molecule has 0 aliphatic rings. The van der Waals surface area contributed by atoms with Crippen LogP contribution >= 0.6 is 0 Å². The number of carbonyl (C=O) groups is 2. The maximum atomic E-state index is 11.7. The van der Waals surface area contributed by atoms with Crippen molar-refractivity contribution in [3.8, 4) is 28.4 Å². The topological polar surface area (TPSA) is 99.1 Å². The predicted octanol–water partition coefficient (Wildman–Crippen LogP) is 12.9. The van der Waals surface area contributed by atoms with Crippen LogP contribution in [0.4, 0.5) is 0 Å². The molecule has 304 valence electrons. The number of aryl methyl sites for hydroxylation is 5. The number of methoxy groups -OCH3 is 2. The Labute approximate surface area is 344 Å². The quantitative estimate of drug-likeness (QED) is 0.123. The van der Waals surface area contributed by atoms with Gasteiger partial charge in [0, 0.05) is 22.0 Å². The fraction of sp³-hybridized carbons (Fsp3) is 0.333. The number of esters is 2. The molecule has 7 heteroatoms. The average molecular weight is 783 g/mol. The Bertz CT molecular complexity index is 2210. The molecule has 0 saturated heterocycles. The second-order valence-electron chi connectivity index (χ2n) is 15.2. The molecule has 2 heterocycles. The summed E-state index contributed by atoms with van der Waals surface area (Å²) >= 11 is 0. The first kappa shape index (κ1) is 43.3. The minimum Gasteiger partial charge on any atom is -0.508 e. The van der Waals surface area contributed by atoms with E-state index in [-0.39, 0.29) is 22.4 Å². The Morgan fingerprint density at radius 1 is 0.483 bits per heavy atom. The number of aromatic hydroxyl groups is 1. The van der Waals surface area contributed by atoms with E-state index >= 15 is 0 Å². The van der Waals surface area contributed by atoms with E-state index in [1.165, 1.54) is 47.6 Å². The third-order valence-corrected chi connectivity index (χ3v) is 12.3. The standard InChI is InChI=1S/C26H30O3.C25H28O4/c1-7-26(8-2,20-10-9-17(3)18(4)15-20)21-11-12-22(19(5)16-21)23-13-14-24(29-23)25(27)28-6;1-6-25(7-2,19-9-11-21(26)17(4)15-19)18-8-10-20(16(3)14-18)22-12-13-23(29-22)24(27)28-5/h9-16H,7-8H2,1-6H3;8-15,26H,6-7H2,1-5H3. The van der Waals surface area contributed by atoms with Crippen LogP contribution in [0.2, 0.25) is 0 Å². The summed E-state index contributed by atoms with van der Waals surface area (Å²) in [6.07, 6.45) is 3.94. The zero-order valence-electron chi connectivity index (χ0n) is 36.0. The number of ether oxygens (including phenoxy) is 2. The van der Waals surface area contributed by atoms with Crippen LogP contribution in [-0.4, -0.2) is 31.3 Å². The van der Waals surface area contributed by atoms with Gasteiger partial charge in [0.05, 0.1) is 14.2 Å². The van der Waals surface area contributed by atoms with Gasteiger partial charge in [-0.3, -0.25) is 0 Å². The van der Waals surface area contributed by atoms with Crippen LogP contribution in [0.25, 0.3) is 22.6 Å². The molecule has 6 aromatic rings. The molecule has 0 spiro atoms. The highest BCUT2D eigenvalue weighted by Crippen LogP contribution is 2.43. The van der Waals surface area contributed by atoms with Gasteiger partial charge in [0.1, 0.15) is 17.3 Å². The van der Waals surface area contributed by atoms with Gasteiger partial charge in [0.2, 0.25) is 11.5 Å². The molecule has 0 radical (unpaired) electrons. The number of rotatable bonds is 12. The predicted molar refractivity (Wildman–Crippen MR) is 232 cm³/mol. The van der Waals surface area contributed by atoms with Gasteiger partial charge in [-0.1, -0.05) is 94.4 Å². The molecule has 0 amide bonds. The Kier molecular flexibility index (Phi) is 13.6. The molecular weight excluding hydrogens is 725 g/mol. The maximum absolute atomic E-state index is 11.7. The summed E-state index contributed by atoms with van der Waals surface area (Å²) in [7, 11) is 2.69. The van der Waals surface area contributed by atoms with Crippen molar-refractivity contribution in [1.29, 1.82) is 0 Å². The van der Waals surface area contributed by atoms with E-state index < -0.39 is 11.9 Å². The zero-order valence-corrected chi connectivity index (χ0v) is 36.0. The van der Waals surface area contributed by atoms with Gasteiger partial charge in [-0.2, -0.15) is 0 Å². The summed E-state index contributed by atoms with van der Waals surface area (Å²) in [5.41, 5.74) is 12.6. The fourth-order valence-electron chi connectivity index (χ4n) is 8.32. The van der Waals surface area contributed by atoms with Crippen molar-refractivity contribution in [2.75, 3.05) is 14.2 Å². The van der Waals surface area contributed by atoms with Gasteiger partial charge in [-0.25, -0.2) is 9.59 Å². The average Bonchev–Trinajstić information content (AvgIpc) is 3.93. The van der Waals surface area contributed by atoms with Crippen molar-refractivity contribution in [2.24, 2.45) is 0 Å². The summed E-state index contributed by atoms with van der Waals surface area (Å²) in [5, 5.41) is 9.95. The van der Waals surface area contributed by atoms with E-state index in [2.05, 4.69) is 116 Å². The lowest BCUT2D eigenvalue weighted by Gasteiger charge is -2.34. The normalized spacial score (nSPS) is 11.5. The van der Waals surface area contributed by atoms with Gasteiger partial charge < -0.3 is 23.4 Å². The lowest BCUT2D eigenvalue weighted by Crippen LogP contribution is -2.26. The second kappa shape index (κ2) is 18.2. The first-order valence-corrected chi connectivity index (χ1v) is 20.2. The van der Waals surface area contributed by atoms with E-state index in [0.717, 1.165) is 53.5 Å². The Balaban J connectivity index is 0.000000221. The Morgan fingerprint density at radius 2 is 0.845 bits per heavy atom. The molecule has 0 bridgehead atoms. The molecule has 0 unspecified atom stereocenters. The maximum Gasteiger partial charge on any atom is 0.373 e. The number of phenolic OH excluding ortho intramolecular Hbond substituents is 1. The van der Waals surface area contributed by atoms with Crippen LogP contribution in [0.1, 0.15) is 125 Å². The van der Waals surface area contributed by atoms with Crippen LogP contribution in [0.15, 0.2) is 106 Å². The smallest absolute Gasteiger partial charge is 0.373 e. The second-order valence-corrected chi connectivity index (χ2v) is 15.2. The third-order valence-electron chi connectivity index (χ3n) is 12.3. The number of furan rings is 2. The molecule has 2 aromatic heterocycles. The SMILES string of the molecule is CCC(CC)(c1ccc(C)c(C)c1)c1ccc(-c2ccc(C(=O)OC)o2)c(C)c1.CCC(CC)(c1ccc(O)c(C)c1)c1ccc(-c2ccc(C(=O)OC)o2)c(C)c1. The van der Waals surface area contributed by atoms with Crippen LogP contribution in [0.3, 0.4) is 0 Å². The van der Waals surface area contributed by atoms with E-state index in [1.807, 2.05) is 19.1 Å². The van der Waals surface area contributed by atoms with Crippen molar-refractivity contribution in [2.45, 2.75) is 98.8 Å². The number of hydrogen-bond acceptors (Lipinski definition) is 7. The molecule has 0 aliphatic heterocycles. The number of phenols is 1. The Hall–Kier alpha value is -5.82. The van der Waals surface area contributed by atoms with Crippen LogP contribution < -0.4 is 0 Å². The molecule has 0 saturated carbocycles. The van der Waals surface area contributed by atoms with Crippen molar-refractivity contribution < 1.29 is 33.0 Å². The molecule has 58 heavy (non-hydrogen) atoms. The van der Waals surface area contributed by atoms with Crippen molar-refractivity contribution >= 4 is 11.9 Å². The van der Waals surface area contributed by atoms with Gasteiger partial charge >= 0.3 is 11.9 Å². The first-order valence-electron chi connectivity index (χ1n) is 20.2. The minimum atomic E-state index is -0.482. The summed E-state index contributed by atoms with van der Waals surface area (Å²) in [6.45, 7) is 19.3. The first-order chi connectivity index (χ1) is 27.7. The lowest BCUT2D eigenvalue weighted by molar-refractivity contribution is 0.0558. The molecule has 0 aliphatic carbocycles. The highest BCUT2D eigenvalue weighted by molar-refractivity contribution is 5.87. The van der Waals surface area contributed by atoms with Gasteiger partial charge in [0.25, 0.3) is 0 Å². The number of benzene rings is 4. The molecule has 0 fully saturated rings. The van der Waals surface area contributed by atoms with Crippen molar-refractivity contribution in [3.63, 3.8) is 0 Å². The Morgan fingerprint density at radius 3 is 1.19 bits per heavy atom. The highest BCUT2D eigenvalue weighted by atomic mass is 16.5. The summed E-state index contributed by atoms with van der Waals surface area (Å²) < 4.78 is 20.9. The van der Waals surface area contributed by atoms with E-state index in [0.29, 0.717) is 17.3 Å². The summed E-state index contributed by atoms with van der Waals surface area (Å²) in [4.78, 5) is 23.4. The van der Waals surface area contributed by atoms with Gasteiger partial charge in [-0.15, -0.1) is 0 Å². The monoisotopic (exact) mass is 782 g/mol. The fourth-order valence-corrected chi connectivity index (χ4v) is 8.32. The number of hydrogen-bond donors (Lipinski definition) is 1. The lowest BCUT2D eigenvalue weighted by atomic mass is 9.69. The molecule has 7 nitrogen and oxygen atoms in total. The molecular formula is C51H58O7. The van der Waals surface area contributed by atoms with Gasteiger partial charge in [-0.05, 0) is 141 Å². The molecule has 4 aromatic carbocycles. The summed E-state index contributed by atoms with van der Waals surface area (Å²) in [6, 6.07) is 32.6. The van der Waals surface area contributed by atoms with Crippen LogP contribution in [-0.2, 0) is 20.3 Å². The molecule has 1 N–H and O–H groups in total. The summed E-state index contributed by atoms with van der Waals surface area (Å²) in [5.74, 6) is 1.12. The van der Waals surface area contributed by atoms with Gasteiger partial charge in [0.15, 0.2) is 0 Å². The van der Waals surface area contributed by atoms with Crippen LogP contribution in [0.5, 0.6) is 5.75 Å². The van der Waals surface area contributed by atoms with E-state index in [4.69, 9.17) is 18.3 Å². The molecule has 6 rings (SSSR count). The number of carbonyl (C=O) groups excluding carboxylic acids is 2.